The second-order valence-corrected chi connectivity index (χ2v) is 3.54. The molecule has 78 valence electrons. The molecule has 0 unspecified atom stereocenters. The predicted octanol–water partition coefficient (Wildman–Crippen LogP) is 3.65. The van der Waals surface area contributed by atoms with Crippen LogP contribution in [0.1, 0.15) is 5.56 Å². The van der Waals surface area contributed by atoms with Gasteiger partial charge in [0.05, 0.1) is 10.0 Å². The van der Waals surface area contributed by atoms with Gasteiger partial charge in [0.25, 0.3) is 0 Å². The minimum absolute atomic E-state index is 0.473. The van der Waals surface area contributed by atoms with E-state index in [4.69, 9.17) is 28.3 Å². The first-order valence-corrected chi connectivity index (χ1v) is 4.88. The van der Waals surface area contributed by atoms with Gasteiger partial charge in [-0.25, -0.2) is 4.79 Å². The van der Waals surface area contributed by atoms with Gasteiger partial charge in [-0.15, -0.1) is 0 Å². The van der Waals surface area contributed by atoms with Crippen LogP contribution in [0.15, 0.2) is 36.4 Å². The summed E-state index contributed by atoms with van der Waals surface area (Å²) >= 11 is 11.5. The first kappa shape index (κ1) is 11.8. The molecule has 0 aliphatic carbocycles. The van der Waals surface area contributed by atoms with Crippen molar-refractivity contribution in [2.75, 3.05) is 0 Å². The molecule has 0 aliphatic rings. The lowest BCUT2D eigenvalue weighted by atomic mass is 10.2. The summed E-state index contributed by atoms with van der Waals surface area (Å²) in [4.78, 5) is 10.2. The standard InChI is InChI=1S/C11H8Cl2O2/c12-9-6-5-8(7-10(9)13)3-1-2-4-11(14)15/h1-7H,(H,14,15)/b3-1+,4-2+. The summed E-state index contributed by atoms with van der Waals surface area (Å²) in [5.74, 6) is -0.978. The Labute approximate surface area is 97.4 Å². The van der Waals surface area contributed by atoms with Crippen molar-refractivity contribution >= 4 is 35.2 Å². The molecule has 0 saturated carbocycles. The lowest BCUT2D eigenvalue weighted by Crippen LogP contribution is -1.84. The highest BCUT2D eigenvalue weighted by Crippen LogP contribution is 2.22. The number of rotatable bonds is 3. The van der Waals surface area contributed by atoms with Crippen LogP contribution in [-0.4, -0.2) is 11.1 Å². The van der Waals surface area contributed by atoms with E-state index in [2.05, 4.69) is 0 Å². The van der Waals surface area contributed by atoms with E-state index in [-0.39, 0.29) is 0 Å². The molecule has 1 aromatic rings. The topological polar surface area (TPSA) is 37.3 Å². The third kappa shape index (κ3) is 4.19. The molecule has 2 nitrogen and oxygen atoms in total. The van der Waals surface area contributed by atoms with Crippen molar-refractivity contribution in [1.82, 2.24) is 0 Å². The SMILES string of the molecule is O=C(O)/C=C/C=C/c1ccc(Cl)c(Cl)c1. The minimum atomic E-state index is -0.978. The highest BCUT2D eigenvalue weighted by atomic mass is 35.5. The molecule has 0 fully saturated rings. The maximum absolute atomic E-state index is 10.2. The zero-order valence-electron chi connectivity index (χ0n) is 7.65. The second-order valence-electron chi connectivity index (χ2n) is 2.73. The number of aliphatic carboxylic acids is 1. The Morgan fingerprint density at radius 3 is 2.53 bits per heavy atom. The number of benzene rings is 1. The Bertz CT molecular complexity index is 423. The third-order valence-electron chi connectivity index (χ3n) is 1.58. The van der Waals surface area contributed by atoms with Gasteiger partial charge >= 0.3 is 5.97 Å². The molecule has 0 spiro atoms. The van der Waals surface area contributed by atoms with Crippen molar-refractivity contribution in [3.63, 3.8) is 0 Å². The number of carbonyl (C=O) groups is 1. The zero-order valence-corrected chi connectivity index (χ0v) is 9.16. The fourth-order valence-electron chi connectivity index (χ4n) is 0.921. The number of halogens is 2. The molecule has 1 rings (SSSR count). The molecule has 0 amide bonds. The Kier molecular flexibility index (Phi) is 4.40. The number of hydrogen-bond donors (Lipinski definition) is 1. The summed E-state index contributed by atoms with van der Waals surface area (Å²) in [5, 5.41) is 9.30. The molecule has 0 radical (unpaired) electrons. The van der Waals surface area contributed by atoms with E-state index in [1.54, 1.807) is 30.4 Å². The Morgan fingerprint density at radius 1 is 1.20 bits per heavy atom. The quantitative estimate of drug-likeness (QED) is 0.649. The summed E-state index contributed by atoms with van der Waals surface area (Å²) in [6, 6.07) is 5.18. The van der Waals surface area contributed by atoms with Crippen molar-refractivity contribution in [2.45, 2.75) is 0 Å². The van der Waals surface area contributed by atoms with Crippen LogP contribution in [-0.2, 0) is 4.79 Å². The van der Waals surface area contributed by atoms with Crippen LogP contribution in [0.4, 0.5) is 0 Å². The molecule has 0 bridgehead atoms. The van der Waals surface area contributed by atoms with E-state index in [0.717, 1.165) is 11.6 Å². The van der Waals surface area contributed by atoms with Gasteiger partial charge in [0.1, 0.15) is 0 Å². The van der Waals surface area contributed by atoms with Crippen LogP contribution >= 0.6 is 23.2 Å². The molecule has 4 heteroatoms. The average molecular weight is 243 g/mol. The molecule has 0 saturated heterocycles. The number of carboxylic acid groups (broad SMARTS) is 1. The van der Waals surface area contributed by atoms with Crippen molar-refractivity contribution in [2.24, 2.45) is 0 Å². The van der Waals surface area contributed by atoms with Crippen molar-refractivity contribution in [1.29, 1.82) is 0 Å². The summed E-state index contributed by atoms with van der Waals surface area (Å²) in [6.07, 6.45) is 5.84. The monoisotopic (exact) mass is 242 g/mol. The van der Waals surface area contributed by atoms with E-state index in [1.807, 2.05) is 0 Å². The largest absolute Gasteiger partial charge is 0.478 e. The number of allylic oxidation sites excluding steroid dienone is 2. The maximum Gasteiger partial charge on any atom is 0.328 e. The van der Waals surface area contributed by atoms with E-state index in [9.17, 15) is 4.79 Å². The maximum atomic E-state index is 10.2. The van der Waals surface area contributed by atoms with E-state index in [1.165, 1.54) is 6.08 Å². The third-order valence-corrected chi connectivity index (χ3v) is 2.32. The van der Waals surface area contributed by atoms with Crippen LogP contribution in [0.3, 0.4) is 0 Å². The molecule has 1 aromatic carbocycles. The highest BCUT2D eigenvalue weighted by Gasteiger charge is 1.95. The summed E-state index contributed by atoms with van der Waals surface area (Å²) in [5.41, 5.74) is 0.861. The lowest BCUT2D eigenvalue weighted by molar-refractivity contribution is -0.131. The molecule has 0 aliphatic heterocycles. The zero-order chi connectivity index (χ0) is 11.3. The van der Waals surface area contributed by atoms with Gasteiger partial charge < -0.3 is 5.11 Å². The van der Waals surface area contributed by atoms with Crippen LogP contribution in [0, 0.1) is 0 Å². The normalized spacial score (nSPS) is 11.3. The summed E-state index contributed by atoms with van der Waals surface area (Å²) < 4.78 is 0. The summed E-state index contributed by atoms with van der Waals surface area (Å²) in [7, 11) is 0. The fraction of sp³-hybridized carbons (Fsp3) is 0. The molecule has 15 heavy (non-hydrogen) atoms. The van der Waals surface area contributed by atoms with Gasteiger partial charge in [-0.1, -0.05) is 47.5 Å². The predicted molar refractivity (Wildman–Crippen MR) is 62.3 cm³/mol. The molecule has 0 heterocycles. The summed E-state index contributed by atoms with van der Waals surface area (Å²) in [6.45, 7) is 0. The molecule has 0 atom stereocenters. The first-order valence-electron chi connectivity index (χ1n) is 4.12. The van der Waals surface area contributed by atoms with Crippen molar-refractivity contribution in [3.05, 3.63) is 52.0 Å². The minimum Gasteiger partial charge on any atom is -0.478 e. The molecule has 1 N–H and O–H groups in total. The van der Waals surface area contributed by atoms with Crippen LogP contribution in [0.2, 0.25) is 10.0 Å². The average Bonchev–Trinajstić information content (AvgIpc) is 2.18. The van der Waals surface area contributed by atoms with Crippen molar-refractivity contribution in [3.8, 4) is 0 Å². The highest BCUT2D eigenvalue weighted by molar-refractivity contribution is 6.42. The van der Waals surface area contributed by atoms with Gasteiger partial charge in [0.2, 0.25) is 0 Å². The van der Waals surface area contributed by atoms with E-state index >= 15 is 0 Å². The van der Waals surface area contributed by atoms with E-state index in [0.29, 0.717) is 10.0 Å². The smallest absolute Gasteiger partial charge is 0.328 e. The van der Waals surface area contributed by atoms with Crippen LogP contribution < -0.4 is 0 Å². The van der Waals surface area contributed by atoms with E-state index < -0.39 is 5.97 Å². The van der Waals surface area contributed by atoms with Gasteiger partial charge in [-0.2, -0.15) is 0 Å². The fourth-order valence-corrected chi connectivity index (χ4v) is 1.23. The molecule has 0 aromatic heterocycles. The number of hydrogen-bond acceptors (Lipinski definition) is 1. The van der Waals surface area contributed by atoms with Gasteiger partial charge in [-0.3, -0.25) is 0 Å². The van der Waals surface area contributed by atoms with Crippen LogP contribution in [0.5, 0.6) is 0 Å². The molecular formula is C11H8Cl2O2. The first-order chi connectivity index (χ1) is 7.09. The Balaban J connectivity index is 2.73. The lowest BCUT2D eigenvalue weighted by Gasteiger charge is -1.96. The second kappa shape index (κ2) is 5.59. The van der Waals surface area contributed by atoms with Gasteiger partial charge in [-0.05, 0) is 17.7 Å². The Morgan fingerprint density at radius 2 is 1.93 bits per heavy atom. The van der Waals surface area contributed by atoms with Gasteiger partial charge in [0, 0.05) is 6.08 Å². The molecular weight excluding hydrogens is 235 g/mol. The van der Waals surface area contributed by atoms with Gasteiger partial charge in [0.15, 0.2) is 0 Å². The Hall–Kier alpha value is -1.25. The van der Waals surface area contributed by atoms with Crippen molar-refractivity contribution < 1.29 is 9.90 Å². The van der Waals surface area contributed by atoms with Crippen LogP contribution in [0.25, 0.3) is 6.08 Å². The number of carboxylic acids is 1.